The molecule has 0 fully saturated rings. The molecular formula is C25H25F3N4O5S. The molecule has 0 saturated heterocycles. The van der Waals surface area contributed by atoms with Crippen LogP contribution >= 0.6 is 0 Å². The molecular weight excluding hydrogens is 525 g/mol. The third-order valence-corrected chi connectivity index (χ3v) is 6.64. The first kappa shape index (κ1) is 28.6. The normalized spacial score (nSPS) is 11.8. The molecule has 2 aromatic carbocycles. The Morgan fingerprint density at radius 1 is 1.03 bits per heavy atom. The number of benzene rings is 2. The highest BCUT2D eigenvalue weighted by Gasteiger charge is 2.31. The fraction of sp³-hybridized carbons (Fsp3) is 0.240. The van der Waals surface area contributed by atoms with Gasteiger partial charge in [0.25, 0.3) is 17.4 Å². The highest BCUT2D eigenvalue weighted by Crippen LogP contribution is 2.30. The van der Waals surface area contributed by atoms with Crippen molar-refractivity contribution in [2.45, 2.75) is 24.4 Å². The van der Waals surface area contributed by atoms with E-state index in [2.05, 4.69) is 5.32 Å². The van der Waals surface area contributed by atoms with Gasteiger partial charge in [0, 0.05) is 32.0 Å². The number of carbonyl (C=O) groups excluding carboxylic acids is 2. The molecule has 0 atom stereocenters. The molecule has 0 aliphatic carbocycles. The first-order valence-electron chi connectivity index (χ1n) is 11.2. The third-order valence-electron chi connectivity index (χ3n) is 5.71. The molecule has 0 saturated carbocycles. The van der Waals surface area contributed by atoms with Crippen LogP contribution in [0.5, 0.6) is 0 Å². The van der Waals surface area contributed by atoms with E-state index in [1.807, 2.05) is 0 Å². The fourth-order valence-corrected chi connectivity index (χ4v) is 4.23. The number of pyridine rings is 1. The number of primary sulfonamides is 1. The van der Waals surface area contributed by atoms with E-state index in [4.69, 9.17) is 5.14 Å². The van der Waals surface area contributed by atoms with Gasteiger partial charge in [0.1, 0.15) is 5.56 Å². The molecule has 0 unspecified atom stereocenters. The lowest BCUT2D eigenvalue weighted by atomic mass is 10.1. The van der Waals surface area contributed by atoms with Gasteiger partial charge in [-0.2, -0.15) is 13.2 Å². The van der Waals surface area contributed by atoms with Crippen molar-refractivity contribution in [2.75, 3.05) is 20.6 Å². The summed E-state index contributed by atoms with van der Waals surface area (Å²) >= 11 is 0. The molecule has 202 valence electrons. The molecule has 3 N–H and O–H groups in total. The Hall–Kier alpha value is -3.97. The minimum atomic E-state index is -4.67. The van der Waals surface area contributed by atoms with E-state index in [-0.39, 0.29) is 34.8 Å². The number of sulfonamides is 1. The van der Waals surface area contributed by atoms with Crippen molar-refractivity contribution < 1.29 is 31.2 Å². The van der Waals surface area contributed by atoms with E-state index in [0.29, 0.717) is 5.56 Å². The highest BCUT2D eigenvalue weighted by molar-refractivity contribution is 7.89. The quantitative estimate of drug-likeness (QED) is 0.467. The van der Waals surface area contributed by atoms with Crippen molar-refractivity contribution in [3.63, 3.8) is 0 Å². The Kier molecular flexibility index (Phi) is 8.12. The topological polar surface area (TPSA) is 132 Å². The number of alkyl halides is 3. The average molecular weight is 551 g/mol. The lowest BCUT2D eigenvalue weighted by molar-refractivity contribution is -0.137. The summed E-state index contributed by atoms with van der Waals surface area (Å²) in [6.07, 6.45) is -4.40. The largest absolute Gasteiger partial charge is 0.416 e. The van der Waals surface area contributed by atoms with Gasteiger partial charge in [-0.05, 0) is 55.3 Å². The minimum Gasteiger partial charge on any atom is -0.352 e. The summed E-state index contributed by atoms with van der Waals surface area (Å²) < 4.78 is 63.6. The third kappa shape index (κ3) is 6.29. The van der Waals surface area contributed by atoms with Crippen molar-refractivity contribution >= 4 is 21.8 Å². The number of nitrogens with two attached hydrogens (primary N) is 1. The monoisotopic (exact) mass is 550 g/mol. The van der Waals surface area contributed by atoms with E-state index in [1.165, 1.54) is 56.3 Å². The van der Waals surface area contributed by atoms with Crippen LogP contribution in [0.25, 0.3) is 5.69 Å². The molecule has 1 aromatic heterocycles. The van der Waals surface area contributed by atoms with E-state index in [0.717, 1.165) is 28.8 Å². The number of hydrogen-bond acceptors (Lipinski definition) is 5. The van der Waals surface area contributed by atoms with E-state index >= 15 is 0 Å². The van der Waals surface area contributed by atoms with Crippen molar-refractivity contribution in [1.82, 2.24) is 14.8 Å². The van der Waals surface area contributed by atoms with Crippen molar-refractivity contribution in [3.8, 4) is 5.69 Å². The Morgan fingerprint density at radius 3 is 2.21 bits per heavy atom. The second kappa shape index (κ2) is 10.8. The summed E-state index contributed by atoms with van der Waals surface area (Å²) in [5.74, 6) is -1.38. The van der Waals surface area contributed by atoms with Gasteiger partial charge in [0.2, 0.25) is 10.0 Å². The number of nitrogens with one attached hydrogen (secondary N) is 1. The van der Waals surface area contributed by atoms with Crippen molar-refractivity contribution in [1.29, 1.82) is 0 Å². The maximum atomic E-state index is 13.3. The second-order valence-corrected chi connectivity index (χ2v) is 10.2. The summed E-state index contributed by atoms with van der Waals surface area (Å²) in [5, 5.41) is 7.63. The number of amides is 2. The molecule has 0 spiro atoms. The fourth-order valence-electron chi connectivity index (χ4n) is 3.72. The van der Waals surface area contributed by atoms with Crippen LogP contribution in [-0.2, 0) is 22.6 Å². The number of nitrogens with zero attached hydrogens (tertiary/aromatic N) is 2. The van der Waals surface area contributed by atoms with E-state index in [1.54, 1.807) is 0 Å². The summed E-state index contributed by atoms with van der Waals surface area (Å²) in [7, 11) is -0.932. The molecule has 1 heterocycles. The number of aromatic nitrogens is 1. The van der Waals surface area contributed by atoms with Crippen LogP contribution in [0.3, 0.4) is 0 Å². The van der Waals surface area contributed by atoms with Gasteiger partial charge in [-0.3, -0.25) is 19.0 Å². The summed E-state index contributed by atoms with van der Waals surface area (Å²) in [6.45, 7) is 1.45. The van der Waals surface area contributed by atoms with Gasteiger partial charge in [-0.1, -0.05) is 18.2 Å². The van der Waals surface area contributed by atoms with Gasteiger partial charge in [-0.25, -0.2) is 13.6 Å². The molecule has 13 heteroatoms. The Labute approximate surface area is 216 Å². The van der Waals surface area contributed by atoms with E-state index < -0.39 is 44.7 Å². The Balaban J connectivity index is 1.98. The maximum absolute atomic E-state index is 13.3. The molecule has 2 amide bonds. The van der Waals surface area contributed by atoms with Crippen molar-refractivity contribution in [2.24, 2.45) is 5.14 Å². The number of carbonyl (C=O) groups is 2. The van der Waals surface area contributed by atoms with Crippen LogP contribution in [0.1, 0.15) is 37.5 Å². The zero-order valence-corrected chi connectivity index (χ0v) is 21.5. The van der Waals surface area contributed by atoms with Crippen LogP contribution in [0.4, 0.5) is 13.2 Å². The van der Waals surface area contributed by atoms with Gasteiger partial charge >= 0.3 is 6.18 Å². The molecule has 0 aliphatic heterocycles. The highest BCUT2D eigenvalue weighted by atomic mass is 32.2. The van der Waals surface area contributed by atoms with Crippen molar-refractivity contribution in [3.05, 3.63) is 92.9 Å². The summed E-state index contributed by atoms with van der Waals surface area (Å²) in [5.41, 5.74) is -1.76. The molecule has 9 nitrogen and oxygen atoms in total. The molecule has 3 aromatic rings. The molecule has 0 aliphatic rings. The molecule has 3 rings (SSSR count). The predicted octanol–water partition coefficient (Wildman–Crippen LogP) is 2.49. The lowest BCUT2D eigenvalue weighted by Crippen LogP contribution is -2.36. The maximum Gasteiger partial charge on any atom is 0.416 e. The Morgan fingerprint density at radius 2 is 1.66 bits per heavy atom. The lowest BCUT2D eigenvalue weighted by Gasteiger charge is -2.19. The smallest absolute Gasteiger partial charge is 0.352 e. The number of halogens is 3. The standard InChI is InChI=1S/C25H25F3N4O5S/c1-15-20(23(34)31(2)3)14-21(24(35)32(15)18-6-4-5-17(13-18)25(26,27)28)22(33)30-12-11-16-7-9-19(10-8-16)38(29,36)37/h4-10,13-14H,11-12H2,1-3H3,(H,30,33)(H2,29,36,37). The first-order valence-corrected chi connectivity index (χ1v) is 12.7. The van der Waals surface area contributed by atoms with Gasteiger partial charge in [-0.15, -0.1) is 0 Å². The van der Waals surface area contributed by atoms with Crippen LogP contribution < -0.4 is 16.0 Å². The van der Waals surface area contributed by atoms with Crippen LogP contribution in [0, 0.1) is 6.92 Å². The Bertz CT molecular complexity index is 1550. The predicted molar refractivity (Wildman–Crippen MR) is 134 cm³/mol. The minimum absolute atomic E-state index is 0.0317. The van der Waals surface area contributed by atoms with Crippen LogP contribution in [0.15, 0.2) is 64.3 Å². The molecule has 0 radical (unpaired) electrons. The summed E-state index contributed by atoms with van der Waals surface area (Å²) in [6, 6.07) is 10.8. The van der Waals surface area contributed by atoms with Crippen LogP contribution in [0.2, 0.25) is 0 Å². The number of rotatable bonds is 7. The van der Waals surface area contributed by atoms with Gasteiger partial charge in [0.05, 0.1) is 16.0 Å². The zero-order chi connectivity index (χ0) is 28.4. The van der Waals surface area contributed by atoms with Gasteiger partial charge < -0.3 is 10.2 Å². The van der Waals surface area contributed by atoms with Crippen LogP contribution in [-0.4, -0.2) is 50.3 Å². The zero-order valence-electron chi connectivity index (χ0n) is 20.7. The SMILES string of the molecule is Cc1c(C(=O)N(C)C)cc(C(=O)NCCc2ccc(S(N)(=O)=O)cc2)c(=O)n1-c1cccc(C(F)(F)F)c1. The average Bonchev–Trinajstić information content (AvgIpc) is 2.83. The molecule has 38 heavy (non-hydrogen) atoms. The van der Waals surface area contributed by atoms with Gasteiger partial charge in [0.15, 0.2) is 0 Å². The second-order valence-electron chi connectivity index (χ2n) is 8.64. The first-order chi connectivity index (χ1) is 17.6. The van der Waals surface area contributed by atoms with E-state index in [9.17, 15) is 36.0 Å². The molecule has 0 bridgehead atoms. The summed E-state index contributed by atoms with van der Waals surface area (Å²) in [4.78, 5) is 40.3. The number of hydrogen-bond donors (Lipinski definition) is 2.